The molecule has 2 heterocycles. The van der Waals surface area contributed by atoms with E-state index in [4.69, 9.17) is 9.15 Å². The van der Waals surface area contributed by atoms with E-state index < -0.39 is 24.5 Å². The van der Waals surface area contributed by atoms with Crippen LogP contribution in [0.5, 0.6) is 0 Å². The van der Waals surface area contributed by atoms with Gasteiger partial charge in [0.15, 0.2) is 12.4 Å². The molecule has 0 aliphatic carbocycles. The van der Waals surface area contributed by atoms with E-state index in [1.165, 1.54) is 19.3 Å². The van der Waals surface area contributed by atoms with Crippen LogP contribution in [0.1, 0.15) is 39.2 Å². The fraction of sp³-hybridized carbons (Fsp3) is 0.227. The van der Waals surface area contributed by atoms with Crippen molar-refractivity contribution in [3.8, 4) is 5.69 Å². The zero-order valence-electron chi connectivity index (χ0n) is 16.5. The minimum absolute atomic E-state index is 0.0917. The Kier molecular flexibility index (Phi) is 5.97. The molecule has 7 nitrogen and oxygen atoms in total. The molecular weight excluding hydrogens is 372 g/mol. The first-order valence-electron chi connectivity index (χ1n) is 9.17. The van der Waals surface area contributed by atoms with Crippen molar-refractivity contribution in [3.05, 3.63) is 77.5 Å². The summed E-state index contributed by atoms with van der Waals surface area (Å²) in [5.41, 5.74) is 3.12. The fourth-order valence-corrected chi connectivity index (χ4v) is 3.09. The SMILES string of the molecule is Cc1cc(C(=O)COC(=O)[C@H](C)NC(=O)c2ccco2)c(C)n1-c1ccccc1. The largest absolute Gasteiger partial charge is 0.459 e. The second kappa shape index (κ2) is 8.60. The molecule has 1 N–H and O–H groups in total. The van der Waals surface area contributed by atoms with Gasteiger partial charge in [0.25, 0.3) is 5.91 Å². The number of amides is 1. The topological polar surface area (TPSA) is 90.5 Å². The van der Waals surface area contributed by atoms with E-state index >= 15 is 0 Å². The van der Waals surface area contributed by atoms with Crippen LogP contribution in [-0.4, -0.2) is 34.9 Å². The van der Waals surface area contributed by atoms with E-state index in [0.29, 0.717) is 5.56 Å². The highest BCUT2D eigenvalue weighted by Gasteiger charge is 2.22. The molecule has 0 aliphatic heterocycles. The highest BCUT2D eigenvalue weighted by molar-refractivity contribution is 6.00. The zero-order valence-corrected chi connectivity index (χ0v) is 16.5. The number of esters is 1. The summed E-state index contributed by atoms with van der Waals surface area (Å²) < 4.78 is 12.1. The number of aromatic nitrogens is 1. The number of hydrogen-bond donors (Lipinski definition) is 1. The number of carbonyl (C=O) groups is 3. The van der Waals surface area contributed by atoms with Crippen molar-refractivity contribution in [2.75, 3.05) is 6.61 Å². The van der Waals surface area contributed by atoms with Crippen LogP contribution in [0, 0.1) is 13.8 Å². The van der Waals surface area contributed by atoms with Gasteiger partial charge in [-0.25, -0.2) is 4.79 Å². The van der Waals surface area contributed by atoms with Crippen LogP contribution in [0.4, 0.5) is 0 Å². The minimum atomic E-state index is -0.919. The third-order valence-electron chi connectivity index (χ3n) is 4.54. The molecule has 3 aromatic rings. The van der Waals surface area contributed by atoms with E-state index in [9.17, 15) is 14.4 Å². The number of nitrogens with zero attached hydrogens (tertiary/aromatic N) is 1. The fourth-order valence-electron chi connectivity index (χ4n) is 3.09. The van der Waals surface area contributed by atoms with E-state index in [2.05, 4.69) is 5.32 Å². The van der Waals surface area contributed by atoms with Crippen molar-refractivity contribution >= 4 is 17.7 Å². The molecule has 29 heavy (non-hydrogen) atoms. The molecule has 0 unspecified atom stereocenters. The predicted octanol–water partition coefficient (Wildman–Crippen LogP) is 3.23. The standard InChI is InChI=1S/C22H22N2O5/c1-14-12-18(16(3)24(14)17-8-5-4-6-9-17)19(25)13-29-22(27)15(2)23-21(26)20-10-7-11-28-20/h4-12,15H,13H2,1-3H3,(H,23,26)/t15-/m0/s1. The van der Waals surface area contributed by atoms with Crippen LogP contribution in [0.15, 0.2) is 59.2 Å². The Morgan fingerprint density at radius 2 is 1.83 bits per heavy atom. The number of ether oxygens (including phenoxy) is 1. The van der Waals surface area contributed by atoms with Gasteiger partial charge in [0, 0.05) is 22.6 Å². The van der Waals surface area contributed by atoms with Crippen LogP contribution in [0.25, 0.3) is 5.69 Å². The highest BCUT2D eigenvalue weighted by atomic mass is 16.5. The van der Waals surface area contributed by atoms with Crippen molar-refractivity contribution in [1.82, 2.24) is 9.88 Å². The van der Waals surface area contributed by atoms with Gasteiger partial charge in [0.05, 0.1) is 6.26 Å². The summed E-state index contributed by atoms with van der Waals surface area (Å²) in [4.78, 5) is 36.7. The molecule has 0 aliphatic rings. The molecule has 1 amide bonds. The molecular formula is C22H22N2O5. The lowest BCUT2D eigenvalue weighted by molar-refractivity contribution is -0.144. The number of benzene rings is 1. The third-order valence-corrected chi connectivity index (χ3v) is 4.54. The molecule has 150 valence electrons. The van der Waals surface area contributed by atoms with E-state index in [-0.39, 0.29) is 11.5 Å². The van der Waals surface area contributed by atoms with Gasteiger partial charge in [0.1, 0.15) is 6.04 Å². The number of carbonyl (C=O) groups excluding carboxylic acids is 3. The first-order valence-corrected chi connectivity index (χ1v) is 9.17. The van der Waals surface area contributed by atoms with Gasteiger partial charge < -0.3 is 19.0 Å². The lowest BCUT2D eigenvalue weighted by atomic mass is 10.1. The number of ketones is 1. The number of Topliss-reactive ketones (excluding diaryl/α,β-unsaturated/α-hetero) is 1. The van der Waals surface area contributed by atoms with Crippen LogP contribution < -0.4 is 5.32 Å². The average Bonchev–Trinajstić information content (AvgIpc) is 3.34. The van der Waals surface area contributed by atoms with Crippen LogP contribution in [-0.2, 0) is 9.53 Å². The molecule has 0 saturated heterocycles. The van der Waals surface area contributed by atoms with Crippen molar-refractivity contribution < 1.29 is 23.5 Å². The summed E-state index contributed by atoms with van der Waals surface area (Å²) in [7, 11) is 0. The monoisotopic (exact) mass is 394 g/mol. The molecule has 3 rings (SSSR count). The first-order chi connectivity index (χ1) is 13.9. The maximum absolute atomic E-state index is 12.6. The molecule has 0 radical (unpaired) electrons. The summed E-state index contributed by atoms with van der Waals surface area (Å²) in [6, 6.07) is 13.6. The molecule has 0 spiro atoms. The van der Waals surface area contributed by atoms with E-state index in [0.717, 1.165) is 17.1 Å². The lowest BCUT2D eigenvalue weighted by Crippen LogP contribution is -2.40. The van der Waals surface area contributed by atoms with Crippen molar-refractivity contribution in [1.29, 1.82) is 0 Å². The smallest absolute Gasteiger partial charge is 0.328 e. The number of para-hydroxylation sites is 1. The average molecular weight is 394 g/mol. The van der Waals surface area contributed by atoms with Gasteiger partial charge in [-0.2, -0.15) is 0 Å². The molecule has 7 heteroatoms. The number of hydrogen-bond acceptors (Lipinski definition) is 5. The van der Waals surface area contributed by atoms with Gasteiger partial charge in [-0.1, -0.05) is 18.2 Å². The molecule has 1 atom stereocenters. The summed E-state index contributed by atoms with van der Waals surface area (Å²) in [5, 5.41) is 2.47. The van der Waals surface area contributed by atoms with Gasteiger partial charge in [-0.15, -0.1) is 0 Å². The van der Waals surface area contributed by atoms with Gasteiger partial charge >= 0.3 is 5.97 Å². The Morgan fingerprint density at radius 1 is 1.10 bits per heavy atom. The van der Waals surface area contributed by atoms with Crippen LogP contribution in [0.2, 0.25) is 0 Å². The Labute approximate surface area is 168 Å². The number of rotatable bonds is 7. The summed E-state index contributed by atoms with van der Waals surface area (Å²) in [6.07, 6.45) is 1.36. The summed E-state index contributed by atoms with van der Waals surface area (Å²) in [6.45, 7) is 4.84. The second-order valence-electron chi connectivity index (χ2n) is 6.66. The normalized spacial score (nSPS) is 11.7. The number of furan rings is 1. The Morgan fingerprint density at radius 3 is 2.48 bits per heavy atom. The van der Waals surface area contributed by atoms with E-state index in [1.54, 1.807) is 12.1 Å². The second-order valence-corrected chi connectivity index (χ2v) is 6.66. The molecule has 0 saturated carbocycles. The summed E-state index contributed by atoms with van der Waals surface area (Å²) >= 11 is 0. The Bertz CT molecular complexity index is 1020. The molecule has 1 aromatic carbocycles. The molecule has 0 bridgehead atoms. The maximum atomic E-state index is 12.6. The predicted molar refractivity (Wildman–Crippen MR) is 106 cm³/mol. The van der Waals surface area contributed by atoms with Gasteiger partial charge in [-0.3, -0.25) is 9.59 Å². The molecule has 2 aromatic heterocycles. The zero-order chi connectivity index (χ0) is 21.0. The van der Waals surface area contributed by atoms with Crippen molar-refractivity contribution in [3.63, 3.8) is 0 Å². The Hall–Kier alpha value is -3.61. The number of nitrogens with one attached hydrogen (secondary N) is 1. The summed E-state index contributed by atoms with van der Waals surface area (Å²) in [5.74, 6) is -1.44. The van der Waals surface area contributed by atoms with Crippen LogP contribution in [0.3, 0.4) is 0 Å². The van der Waals surface area contributed by atoms with Gasteiger partial charge in [0.2, 0.25) is 5.78 Å². The third kappa shape index (κ3) is 4.45. The van der Waals surface area contributed by atoms with Gasteiger partial charge in [-0.05, 0) is 51.1 Å². The minimum Gasteiger partial charge on any atom is -0.459 e. The Balaban J connectivity index is 1.62. The first kappa shape index (κ1) is 20.1. The quantitative estimate of drug-likeness (QED) is 0.491. The molecule has 0 fully saturated rings. The highest BCUT2D eigenvalue weighted by Crippen LogP contribution is 2.21. The van der Waals surface area contributed by atoms with Crippen molar-refractivity contribution in [2.45, 2.75) is 26.8 Å². The maximum Gasteiger partial charge on any atom is 0.328 e. The van der Waals surface area contributed by atoms with Crippen LogP contribution >= 0.6 is 0 Å². The number of aryl methyl sites for hydroxylation is 1. The van der Waals surface area contributed by atoms with Crippen molar-refractivity contribution in [2.24, 2.45) is 0 Å². The van der Waals surface area contributed by atoms with E-state index in [1.807, 2.05) is 48.7 Å². The lowest BCUT2D eigenvalue weighted by Gasteiger charge is -2.12.